The molecule has 2 aromatic rings. The first-order chi connectivity index (χ1) is 12.7. The smallest absolute Gasteiger partial charge is 0.191 e. The second-order valence-electron chi connectivity index (χ2n) is 6.57. The van der Waals surface area contributed by atoms with Gasteiger partial charge in [-0.3, -0.25) is 0 Å². The van der Waals surface area contributed by atoms with Gasteiger partial charge in [-0.15, -0.1) is 10.2 Å². The maximum atomic E-state index is 5.69. The molecule has 0 saturated carbocycles. The molecule has 0 spiro atoms. The summed E-state index contributed by atoms with van der Waals surface area (Å²) in [6.45, 7) is 4.88. The van der Waals surface area contributed by atoms with Crippen LogP contribution in [0.4, 0.5) is 0 Å². The second-order valence-corrected chi connectivity index (χ2v) is 6.57. The number of aliphatic imine (C=N–C) groups is 1. The zero-order valence-corrected chi connectivity index (χ0v) is 15.6. The van der Waals surface area contributed by atoms with Crippen LogP contribution in [-0.4, -0.2) is 46.5 Å². The molecule has 0 amide bonds. The van der Waals surface area contributed by atoms with Gasteiger partial charge in [0.1, 0.15) is 12.4 Å². The summed E-state index contributed by atoms with van der Waals surface area (Å²) < 4.78 is 7.65. The van der Waals surface area contributed by atoms with Crippen LogP contribution in [0.15, 0.2) is 35.3 Å². The zero-order valence-electron chi connectivity index (χ0n) is 15.6. The van der Waals surface area contributed by atoms with Crippen LogP contribution >= 0.6 is 0 Å². The molecule has 2 heterocycles. The molecule has 0 bridgehead atoms. The molecule has 1 atom stereocenters. The Kier molecular flexibility index (Phi) is 6.60. The summed E-state index contributed by atoms with van der Waals surface area (Å²) in [6, 6.07) is 10.4. The molecule has 1 unspecified atom stereocenters. The molecule has 1 fully saturated rings. The van der Waals surface area contributed by atoms with Crippen molar-refractivity contribution in [1.29, 1.82) is 0 Å². The van der Waals surface area contributed by atoms with E-state index >= 15 is 0 Å². The molecule has 1 aromatic heterocycles. The van der Waals surface area contributed by atoms with Crippen molar-refractivity contribution in [3.63, 3.8) is 0 Å². The van der Waals surface area contributed by atoms with Crippen LogP contribution in [0.25, 0.3) is 0 Å². The average Bonchev–Trinajstić information content (AvgIpc) is 3.29. The van der Waals surface area contributed by atoms with Crippen LogP contribution in [0.3, 0.4) is 0 Å². The zero-order chi connectivity index (χ0) is 18.2. The minimum Gasteiger partial charge on any atom is -0.376 e. The number of aryl methyl sites for hydroxylation is 1. The van der Waals surface area contributed by atoms with E-state index in [1.165, 1.54) is 5.56 Å². The average molecular weight is 356 g/mol. The van der Waals surface area contributed by atoms with E-state index in [-0.39, 0.29) is 6.10 Å². The number of rotatable bonds is 7. The van der Waals surface area contributed by atoms with Crippen molar-refractivity contribution in [2.45, 2.75) is 38.8 Å². The first-order valence-corrected chi connectivity index (χ1v) is 9.25. The maximum Gasteiger partial charge on any atom is 0.191 e. The van der Waals surface area contributed by atoms with E-state index in [2.05, 4.69) is 50.1 Å². The van der Waals surface area contributed by atoms with Crippen LogP contribution in [0.2, 0.25) is 0 Å². The standard InChI is InChI=1S/C19H28N6O/c1-15-23-24-18(25(15)2)14-22-19(21-13-17-9-6-12-26-17)20-11-10-16-7-4-3-5-8-16/h3-5,7-8,17H,6,9-14H2,1-2H3,(H2,20,21,22). The highest BCUT2D eigenvalue weighted by Crippen LogP contribution is 2.10. The van der Waals surface area contributed by atoms with E-state index in [0.29, 0.717) is 6.54 Å². The minimum atomic E-state index is 0.271. The third-order valence-corrected chi connectivity index (χ3v) is 4.63. The molecule has 1 aromatic carbocycles. The molecule has 0 aliphatic carbocycles. The Labute approximate surface area is 154 Å². The molecule has 0 radical (unpaired) electrons. The van der Waals surface area contributed by atoms with E-state index in [1.54, 1.807) is 0 Å². The number of nitrogens with one attached hydrogen (secondary N) is 2. The third-order valence-electron chi connectivity index (χ3n) is 4.63. The van der Waals surface area contributed by atoms with Crippen LogP contribution < -0.4 is 10.6 Å². The van der Waals surface area contributed by atoms with Gasteiger partial charge in [0, 0.05) is 26.7 Å². The number of hydrogen-bond acceptors (Lipinski definition) is 4. The number of aromatic nitrogens is 3. The van der Waals surface area contributed by atoms with Gasteiger partial charge >= 0.3 is 0 Å². The van der Waals surface area contributed by atoms with Gasteiger partial charge in [-0.1, -0.05) is 30.3 Å². The van der Waals surface area contributed by atoms with Crippen molar-refractivity contribution >= 4 is 5.96 Å². The molecule has 140 valence electrons. The van der Waals surface area contributed by atoms with Gasteiger partial charge in [-0.05, 0) is 31.7 Å². The van der Waals surface area contributed by atoms with E-state index in [4.69, 9.17) is 4.74 Å². The Morgan fingerprint density at radius 1 is 1.27 bits per heavy atom. The Morgan fingerprint density at radius 2 is 2.12 bits per heavy atom. The predicted molar refractivity (Wildman–Crippen MR) is 102 cm³/mol. The topological polar surface area (TPSA) is 76.4 Å². The van der Waals surface area contributed by atoms with Crippen molar-refractivity contribution in [1.82, 2.24) is 25.4 Å². The molecular weight excluding hydrogens is 328 g/mol. The van der Waals surface area contributed by atoms with Crippen molar-refractivity contribution in [3.8, 4) is 0 Å². The lowest BCUT2D eigenvalue weighted by Crippen LogP contribution is -2.42. The molecular formula is C19H28N6O. The van der Waals surface area contributed by atoms with Crippen molar-refractivity contribution < 1.29 is 4.74 Å². The van der Waals surface area contributed by atoms with Gasteiger partial charge in [0.05, 0.1) is 6.10 Å². The number of ether oxygens (including phenoxy) is 1. The number of benzene rings is 1. The SMILES string of the molecule is Cc1nnc(CN=C(NCCc2ccccc2)NCC2CCCO2)n1C. The van der Waals surface area contributed by atoms with Gasteiger partial charge in [0.25, 0.3) is 0 Å². The van der Waals surface area contributed by atoms with Gasteiger partial charge < -0.3 is 19.9 Å². The van der Waals surface area contributed by atoms with E-state index < -0.39 is 0 Å². The highest BCUT2D eigenvalue weighted by Gasteiger charge is 2.15. The van der Waals surface area contributed by atoms with Crippen molar-refractivity contribution in [2.24, 2.45) is 12.0 Å². The quantitative estimate of drug-likeness (QED) is 0.582. The normalized spacial score (nSPS) is 17.5. The van der Waals surface area contributed by atoms with E-state index in [1.807, 2.05) is 24.6 Å². The summed E-state index contributed by atoms with van der Waals surface area (Å²) in [7, 11) is 1.96. The summed E-state index contributed by atoms with van der Waals surface area (Å²) in [5.41, 5.74) is 1.31. The summed E-state index contributed by atoms with van der Waals surface area (Å²) in [5, 5.41) is 15.1. The lowest BCUT2D eigenvalue weighted by molar-refractivity contribution is 0.114. The molecule has 2 N–H and O–H groups in total. The molecule has 7 nitrogen and oxygen atoms in total. The van der Waals surface area contributed by atoms with Crippen LogP contribution in [0, 0.1) is 6.92 Å². The van der Waals surface area contributed by atoms with Crippen LogP contribution in [-0.2, 0) is 24.8 Å². The minimum absolute atomic E-state index is 0.271. The van der Waals surface area contributed by atoms with Crippen molar-refractivity contribution in [2.75, 3.05) is 19.7 Å². The molecule has 7 heteroatoms. The lowest BCUT2D eigenvalue weighted by Gasteiger charge is -2.15. The predicted octanol–water partition coefficient (Wildman–Crippen LogP) is 1.58. The second kappa shape index (κ2) is 9.33. The third kappa shape index (κ3) is 5.29. The van der Waals surface area contributed by atoms with Gasteiger partial charge in [0.15, 0.2) is 11.8 Å². The first-order valence-electron chi connectivity index (χ1n) is 9.25. The fourth-order valence-electron chi connectivity index (χ4n) is 2.90. The summed E-state index contributed by atoms with van der Waals surface area (Å²) in [4.78, 5) is 4.68. The molecule has 1 aliphatic heterocycles. The van der Waals surface area contributed by atoms with Crippen LogP contribution in [0.5, 0.6) is 0 Å². The van der Waals surface area contributed by atoms with E-state index in [0.717, 1.165) is 56.6 Å². The lowest BCUT2D eigenvalue weighted by atomic mass is 10.1. The highest BCUT2D eigenvalue weighted by atomic mass is 16.5. The van der Waals surface area contributed by atoms with Gasteiger partial charge in [-0.2, -0.15) is 0 Å². The molecule has 1 aliphatic rings. The largest absolute Gasteiger partial charge is 0.376 e. The van der Waals surface area contributed by atoms with E-state index in [9.17, 15) is 0 Å². The number of hydrogen-bond donors (Lipinski definition) is 2. The first kappa shape index (κ1) is 18.4. The Balaban J connectivity index is 1.56. The Hall–Kier alpha value is -2.41. The summed E-state index contributed by atoms with van der Waals surface area (Å²) in [6.07, 6.45) is 3.46. The fourth-order valence-corrected chi connectivity index (χ4v) is 2.90. The highest BCUT2D eigenvalue weighted by molar-refractivity contribution is 5.79. The van der Waals surface area contributed by atoms with Gasteiger partial charge in [0.2, 0.25) is 0 Å². The Morgan fingerprint density at radius 3 is 2.81 bits per heavy atom. The van der Waals surface area contributed by atoms with Crippen molar-refractivity contribution in [3.05, 3.63) is 47.5 Å². The molecule has 26 heavy (non-hydrogen) atoms. The summed E-state index contributed by atoms with van der Waals surface area (Å²) in [5.74, 6) is 2.53. The number of nitrogens with zero attached hydrogens (tertiary/aromatic N) is 4. The van der Waals surface area contributed by atoms with Crippen LogP contribution in [0.1, 0.15) is 30.1 Å². The Bertz CT molecular complexity index is 706. The molecule has 1 saturated heterocycles. The maximum absolute atomic E-state index is 5.69. The number of guanidine groups is 1. The monoisotopic (exact) mass is 356 g/mol. The van der Waals surface area contributed by atoms with Gasteiger partial charge in [-0.25, -0.2) is 4.99 Å². The fraction of sp³-hybridized carbons (Fsp3) is 0.526. The summed E-state index contributed by atoms with van der Waals surface area (Å²) >= 11 is 0. The molecule has 3 rings (SSSR count).